The number of hydrogen-bond donors (Lipinski definition) is 1. The first-order valence-electron chi connectivity index (χ1n) is 4.74. The van der Waals surface area contributed by atoms with Crippen LogP contribution in [0.25, 0.3) is 0 Å². The zero-order valence-corrected chi connectivity index (χ0v) is 8.23. The SMILES string of the molecule is CN=C(N)C1COc2ccccc2C1. The lowest BCUT2D eigenvalue weighted by atomic mass is 9.96. The van der Waals surface area contributed by atoms with E-state index in [1.54, 1.807) is 7.05 Å². The van der Waals surface area contributed by atoms with Crippen molar-refractivity contribution in [1.29, 1.82) is 0 Å². The quantitative estimate of drug-likeness (QED) is 0.534. The van der Waals surface area contributed by atoms with Gasteiger partial charge in [0, 0.05) is 7.05 Å². The van der Waals surface area contributed by atoms with Gasteiger partial charge in [-0.3, -0.25) is 4.99 Å². The largest absolute Gasteiger partial charge is 0.493 e. The van der Waals surface area contributed by atoms with Gasteiger partial charge < -0.3 is 10.5 Å². The van der Waals surface area contributed by atoms with Gasteiger partial charge in [-0.15, -0.1) is 0 Å². The minimum absolute atomic E-state index is 0.231. The molecule has 14 heavy (non-hydrogen) atoms. The van der Waals surface area contributed by atoms with E-state index < -0.39 is 0 Å². The fourth-order valence-electron chi connectivity index (χ4n) is 1.70. The van der Waals surface area contributed by atoms with Crippen LogP contribution in [0.5, 0.6) is 5.75 Å². The van der Waals surface area contributed by atoms with Gasteiger partial charge in [-0.25, -0.2) is 0 Å². The fraction of sp³-hybridized carbons (Fsp3) is 0.364. The van der Waals surface area contributed by atoms with E-state index in [4.69, 9.17) is 10.5 Å². The Morgan fingerprint density at radius 3 is 3.07 bits per heavy atom. The molecule has 0 spiro atoms. The Morgan fingerprint density at radius 2 is 2.29 bits per heavy atom. The third-order valence-corrected chi connectivity index (χ3v) is 2.56. The molecular weight excluding hydrogens is 176 g/mol. The lowest BCUT2D eigenvalue weighted by Crippen LogP contribution is -2.33. The number of hydrogen-bond acceptors (Lipinski definition) is 2. The molecule has 0 saturated carbocycles. The molecule has 1 unspecified atom stereocenters. The van der Waals surface area contributed by atoms with Crippen molar-refractivity contribution in [3.8, 4) is 5.75 Å². The summed E-state index contributed by atoms with van der Waals surface area (Å²) < 4.78 is 5.60. The molecule has 1 aromatic carbocycles. The minimum atomic E-state index is 0.231. The number of nitrogens with zero attached hydrogens (tertiary/aromatic N) is 1. The van der Waals surface area contributed by atoms with Crippen LogP contribution in [0.3, 0.4) is 0 Å². The Hall–Kier alpha value is -1.51. The number of fused-ring (bicyclic) bond motifs is 1. The second-order valence-corrected chi connectivity index (χ2v) is 3.47. The van der Waals surface area contributed by atoms with Crippen LogP contribution in [-0.4, -0.2) is 19.5 Å². The first-order chi connectivity index (χ1) is 6.81. The van der Waals surface area contributed by atoms with Crippen LogP contribution in [0.1, 0.15) is 5.56 Å². The van der Waals surface area contributed by atoms with Crippen LogP contribution in [0.15, 0.2) is 29.3 Å². The molecule has 1 atom stereocenters. The van der Waals surface area contributed by atoms with Gasteiger partial charge in [0.25, 0.3) is 0 Å². The monoisotopic (exact) mass is 190 g/mol. The van der Waals surface area contributed by atoms with E-state index in [-0.39, 0.29) is 5.92 Å². The van der Waals surface area contributed by atoms with E-state index in [1.807, 2.05) is 18.2 Å². The molecule has 1 aliphatic heterocycles. The highest BCUT2D eigenvalue weighted by atomic mass is 16.5. The smallest absolute Gasteiger partial charge is 0.122 e. The highest BCUT2D eigenvalue weighted by Gasteiger charge is 2.21. The van der Waals surface area contributed by atoms with Crippen molar-refractivity contribution in [2.75, 3.05) is 13.7 Å². The van der Waals surface area contributed by atoms with Crippen LogP contribution < -0.4 is 10.5 Å². The molecule has 1 heterocycles. The number of rotatable bonds is 1. The van der Waals surface area contributed by atoms with Gasteiger partial charge in [0.05, 0.1) is 12.5 Å². The third kappa shape index (κ3) is 1.58. The predicted octanol–water partition coefficient (Wildman–Crippen LogP) is 1.22. The molecule has 0 aliphatic carbocycles. The first kappa shape index (κ1) is 9.06. The average molecular weight is 190 g/mol. The lowest BCUT2D eigenvalue weighted by molar-refractivity contribution is 0.258. The van der Waals surface area contributed by atoms with Crippen molar-refractivity contribution in [1.82, 2.24) is 0 Å². The van der Waals surface area contributed by atoms with Gasteiger partial charge in [0.1, 0.15) is 11.6 Å². The summed E-state index contributed by atoms with van der Waals surface area (Å²) in [6.45, 7) is 0.639. The molecule has 3 heteroatoms. The Labute approximate surface area is 83.6 Å². The van der Waals surface area contributed by atoms with Crippen molar-refractivity contribution in [3.63, 3.8) is 0 Å². The normalized spacial score (nSPS) is 21.2. The Bertz CT molecular complexity index is 360. The topological polar surface area (TPSA) is 47.6 Å². The molecular formula is C11H14N2O. The maximum absolute atomic E-state index is 5.77. The van der Waals surface area contributed by atoms with Crippen LogP contribution >= 0.6 is 0 Å². The minimum Gasteiger partial charge on any atom is -0.493 e. The molecule has 1 aliphatic rings. The molecule has 74 valence electrons. The van der Waals surface area contributed by atoms with Gasteiger partial charge >= 0.3 is 0 Å². The number of benzene rings is 1. The van der Waals surface area contributed by atoms with Crippen LogP contribution in [0.2, 0.25) is 0 Å². The summed E-state index contributed by atoms with van der Waals surface area (Å²) in [4.78, 5) is 4.00. The maximum atomic E-state index is 5.77. The van der Waals surface area contributed by atoms with Crippen molar-refractivity contribution in [2.45, 2.75) is 6.42 Å². The molecule has 2 rings (SSSR count). The summed E-state index contributed by atoms with van der Waals surface area (Å²) in [6.07, 6.45) is 0.930. The summed E-state index contributed by atoms with van der Waals surface area (Å²) in [6, 6.07) is 8.07. The number of amidine groups is 1. The first-order valence-corrected chi connectivity index (χ1v) is 4.74. The van der Waals surface area contributed by atoms with E-state index in [9.17, 15) is 0 Å². The van der Waals surface area contributed by atoms with E-state index in [0.29, 0.717) is 12.4 Å². The summed E-state index contributed by atoms with van der Waals surface area (Å²) in [7, 11) is 1.72. The van der Waals surface area contributed by atoms with E-state index in [0.717, 1.165) is 12.2 Å². The van der Waals surface area contributed by atoms with Crippen molar-refractivity contribution in [2.24, 2.45) is 16.6 Å². The Morgan fingerprint density at radius 1 is 1.50 bits per heavy atom. The van der Waals surface area contributed by atoms with Crippen molar-refractivity contribution < 1.29 is 4.74 Å². The van der Waals surface area contributed by atoms with Crippen molar-refractivity contribution >= 4 is 5.84 Å². The van der Waals surface area contributed by atoms with E-state index >= 15 is 0 Å². The zero-order valence-electron chi connectivity index (χ0n) is 8.23. The Balaban J connectivity index is 2.21. The molecule has 3 nitrogen and oxygen atoms in total. The molecule has 0 bridgehead atoms. The predicted molar refractivity (Wildman–Crippen MR) is 56.7 cm³/mol. The van der Waals surface area contributed by atoms with Gasteiger partial charge in [-0.1, -0.05) is 18.2 Å². The van der Waals surface area contributed by atoms with Crippen LogP contribution in [0, 0.1) is 5.92 Å². The van der Waals surface area contributed by atoms with Crippen LogP contribution in [0.4, 0.5) is 0 Å². The summed E-state index contributed by atoms with van der Waals surface area (Å²) >= 11 is 0. The Kier molecular flexibility index (Phi) is 2.39. The van der Waals surface area contributed by atoms with Crippen molar-refractivity contribution in [3.05, 3.63) is 29.8 Å². The van der Waals surface area contributed by atoms with Crippen LogP contribution in [-0.2, 0) is 6.42 Å². The van der Waals surface area contributed by atoms with E-state index in [2.05, 4.69) is 11.1 Å². The molecule has 0 aromatic heterocycles. The standard InChI is InChI=1S/C11H14N2O/c1-13-11(12)9-6-8-4-2-3-5-10(8)14-7-9/h2-5,9H,6-7H2,1H3,(H2,12,13). The third-order valence-electron chi connectivity index (χ3n) is 2.56. The summed E-state index contributed by atoms with van der Waals surface area (Å²) in [5.74, 6) is 1.89. The molecule has 1 aromatic rings. The second kappa shape index (κ2) is 3.70. The molecule has 0 amide bonds. The lowest BCUT2D eigenvalue weighted by Gasteiger charge is -2.24. The molecule has 0 saturated heterocycles. The summed E-state index contributed by atoms with van der Waals surface area (Å²) in [5, 5.41) is 0. The fourth-order valence-corrected chi connectivity index (χ4v) is 1.70. The van der Waals surface area contributed by atoms with Gasteiger partial charge in [0.2, 0.25) is 0 Å². The highest BCUT2D eigenvalue weighted by Crippen LogP contribution is 2.26. The molecule has 2 N–H and O–H groups in total. The number of nitrogens with two attached hydrogens (primary N) is 1. The summed E-state index contributed by atoms with van der Waals surface area (Å²) in [5.41, 5.74) is 6.99. The number of para-hydroxylation sites is 1. The van der Waals surface area contributed by atoms with Gasteiger partial charge in [0.15, 0.2) is 0 Å². The van der Waals surface area contributed by atoms with Gasteiger partial charge in [-0.2, -0.15) is 0 Å². The average Bonchev–Trinajstić information content (AvgIpc) is 2.27. The molecule has 0 fully saturated rings. The second-order valence-electron chi connectivity index (χ2n) is 3.47. The number of ether oxygens (including phenoxy) is 1. The highest BCUT2D eigenvalue weighted by molar-refractivity contribution is 5.83. The zero-order chi connectivity index (χ0) is 9.97. The molecule has 0 radical (unpaired) electrons. The number of aliphatic imine (C=N–C) groups is 1. The van der Waals surface area contributed by atoms with E-state index in [1.165, 1.54) is 5.56 Å². The maximum Gasteiger partial charge on any atom is 0.122 e. The van der Waals surface area contributed by atoms with Gasteiger partial charge in [-0.05, 0) is 18.1 Å².